The molecule has 0 aromatic carbocycles. The van der Waals surface area contributed by atoms with Gasteiger partial charge in [-0.3, -0.25) is 28.9 Å². The summed E-state index contributed by atoms with van der Waals surface area (Å²) in [7, 11) is 2.08. The Labute approximate surface area is 396 Å². The van der Waals surface area contributed by atoms with Crippen molar-refractivity contribution < 1.29 is 98.1 Å². The van der Waals surface area contributed by atoms with Gasteiger partial charge in [-0.15, -0.1) is 23.5 Å². The number of nitrogens with one attached hydrogen (secondary N) is 4. The zero-order valence-corrected chi connectivity index (χ0v) is 40.3. The molecule has 386 valence electrons. The molecule has 0 radical (unpaired) electrons. The summed E-state index contributed by atoms with van der Waals surface area (Å²) >= 11 is 1.27. The highest BCUT2D eigenvalue weighted by Crippen LogP contribution is 2.42. The number of carbonyl (C=O) groups is 7. The molecule has 0 saturated carbocycles. The second-order valence-electron chi connectivity index (χ2n) is 17.0. The fraction of sp³-hybridized carbons (Fsp3) is 0.825. The standard InChI is InChI=1S/C40H69N5O20S2/c1-21(48)43-30-23(50)14-39(36(59)61-6,64-34(30)32(57)25(52)17-46)66-19-27(54)41-10-8-12-45(16-29(56)63-38(3,4)5)13-9-11-42-28(55)20-67-40(37(60)62-7)15-24(51)31(44-22(2)49)35(65-40)33(58)26(53)18-47/h23-26,30-35,46-47,50-53,57-58H,8-20H2,1-7H3,(H,41,54)(H,42,55)(H,43,48)(H,44,49)/t23-,24-,25+,26+,30+,31+,32-,33-,34+,35+,39-,40-/m0/s1. The third-order valence-corrected chi connectivity index (χ3v) is 12.9. The topological polar surface area (TPSA) is 379 Å². The van der Waals surface area contributed by atoms with Crippen LogP contribution in [0.5, 0.6) is 0 Å². The summed E-state index contributed by atoms with van der Waals surface area (Å²) in [6.07, 6.45) is -14.0. The molecule has 25 nitrogen and oxygen atoms in total. The first-order chi connectivity index (χ1) is 31.3. The van der Waals surface area contributed by atoms with Crippen LogP contribution < -0.4 is 21.3 Å². The molecule has 0 spiro atoms. The monoisotopic (exact) mass is 1000 g/mol. The second kappa shape index (κ2) is 27.7. The maximum Gasteiger partial charge on any atom is 0.348 e. The van der Waals surface area contributed by atoms with Gasteiger partial charge >= 0.3 is 17.9 Å². The number of amides is 4. The van der Waals surface area contributed by atoms with Gasteiger partial charge in [0.2, 0.25) is 33.5 Å². The lowest BCUT2D eigenvalue weighted by atomic mass is 9.89. The number of methoxy groups -OCH3 is 2. The summed E-state index contributed by atoms with van der Waals surface area (Å²) in [5, 5.41) is 92.8. The molecule has 0 unspecified atom stereocenters. The van der Waals surface area contributed by atoms with E-state index in [4.69, 9.17) is 23.7 Å². The lowest BCUT2D eigenvalue weighted by Gasteiger charge is -2.47. The van der Waals surface area contributed by atoms with Crippen molar-refractivity contribution in [1.82, 2.24) is 26.2 Å². The SMILES string of the molecule is COC(=O)[C@@]1(SCC(=O)NCCCN(CCCNC(=O)CS[C@]2(C(=O)OC)C[C@H](O)[C@@H](NC(C)=O)[C@H]([C@@H](O)[C@H](O)CO)O2)CC(=O)OC(C)(C)C)C[C@H](O)[C@@H](NC(C)=O)[C@H]([C@@H](O)[C@H](O)CO)O1. The van der Waals surface area contributed by atoms with Crippen LogP contribution in [-0.4, -0.2) is 235 Å². The van der Waals surface area contributed by atoms with Gasteiger partial charge < -0.3 is 85.8 Å². The molecule has 67 heavy (non-hydrogen) atoms. The molecule has 12 N–H and O–H groups in total. The van der Waals surface area contributed by atoms with E-state index in [-0.39, 0.29) is 32.7 Å². The summed E-state index contributed by atoms with van der Waals surface area (Å²) in [5.41, 5.74) is -0.789. The van der Waals surface area contributed by atoms with Crippen LogP contribution in [0.3, 0.4) is 0 Å². The van der Waals surface area contributed by atoms with Gasteiger partial charge in [0.15, 0.2) is 0 Å². The summed E-state index contributed by atoms with van der Waals surface area (Å²) in [6, 6.07) is -2.62. The van der Waals surface area contributed by atoms with E-state index in [1.807, 2.05) is 0 Å². The highest BCUT2D eigenvalue weighted by molar-refractivity contribution is 8.02. The number of rotatable bonds is 26. The molecule has 2 heterocycles. The number of thioether (sulfide) groups is 2. The van der Waals surface area contributed by atoms with E-state index in [1.165, 1.54) is 0 Å². The van der Waals surface area contributed by atoms with E-state index in [0.717, 1.165) is 28.1 Å². The second-order valence-corrected chi connectivity index (χ2v) is 19.5. The summed E-state index contributed by atoms with van der Waals surface area (Å²) < 4.78 is 27.1. The van der Waals surface area contributed by atoms with Crippen LogP contribution in [0.4, 0.5) is 0 Å². The number of esters is 3. The maximum atomic E-state index is 13.1. The minimum atomic E-state index is -2.08. The van der Waals surface area contributed by atoms with Crippen LogP contribution in [0, 0.1) is 0 Å². The van der Waals surface area contributed by atoms with Crippen LogP contribution in [-0.2, 0) is 57.2 Å². The molecule has 0 aromatic rings. The van der Waals surface area contributed by atoms with Gasteiger partial charge in [0.05, 0.1) is 69.8 Å². The Kier molecular flexibility index (Phi) is 24.6. The summed E-state index contributed by atoms with van der Waals surface area (Å²) in [4.78, 5) is 86.3. The normalized spacial score (nSPS) is 27.1. The van der Waals surface area contributed by atoms with Gasteiger partial charge in [-0.1, -0.05) is 0 Å². The Bertz CT molecular complexity index is 1560. The summed E-state index contributed by atoms with van der Waals surface area (Å²) in [5.74, 6) is -5.82. The molecule has 0 bridgehead atoms. The van der Waals surface area contributed by atoms with E-state index in [1.54, 1.807) is 25.7 Å². The Morgan fingerprint density at radius 2 is 1.07 bits per heavy atom. The highest BCUT2D eigenvalue weighted by atomic mass is 32.2. The van der Waals surface area contributed by atoms with E-state index in [9.17, 15) is 74.4 Å². The average Bonchev–Trinajstić information content (AvgIpc) is 3.26. The quantitative estimate of drug-likeness (QED) is 0.0219. The number of nitrogens with zero attached hydrogens (tertiary/aromatic N) is 1. The molecular weight excluding hydrogens is 935 g/mol. The number of aliphatic hydroxyl groups is 8. The molecule has 4 amide bonds. The van der Waals surface area contributed by atoms with Crippen molar-refractivity contribution in [2.45, 2.75) is 137 Å². The van der Waals surface area contributed by atoms with Crippen molar-refractivity contribution in [3.63, 3.8) is 0 Å². The van der Waals surface area contributed by atoms with E-state index >= 15 is 0 Å². The first-order valence-corrected chi connectivity index (χ1v) is 23.4. The average molecular weight is 1000 g/mol. The van der Waals surface area contributed by atoms with Gasteiger partial charge in [0.1, 0.15) is 42.2 Å². The fourth-order valence-electron chi connectivity index (χ4n) is 7.20. The Morgan fingerprint density at radius 1 is 0.701 bits per heavy atom. The van der Waals surface area contributed by atoms with Gasteiger partial charge in [-0.25, -0.2) is 9.59 Å². The third kappa shape index (κ3) is 18.4. The minimum Gasteiger partial charge on any atom is -0.466 e. The van der Waals surface area contributed by atoms with Crippen LogP contribution in [0.2, 0.25) is 0 Å². The third-order valence-electron chi connectivity index (χ3n) is 10.3. The zero-order valence-electron chi connectivity index (χ0n) is 38.7. The van der Waals surface area contributed by atoms with E-state index < -0.39 is 155 Å². The zero-order chi connectivity index (χ0) is 50.9. The fourth-order valence-corrected chi connectivity index (χ4v) is 9.47. The molecule has 0 aliphatic carbocycles. The molecular formula is C40H69N5O20S2. The van der Waals surface area contributed by atoms with Crippen LogP contribution in [0.15, 0.2) is 0 Å². The largest absolute Gasteiger partial charge is 0.466 e. The number of hydrogen-bond donors (Lipinski definition) is 12. The predicted molar refractivity (Wildman–Crippen MR) is 236 cm³/mol. The van der Waals surface area contributed by atoms with Crippen molar-refractivity contribution >= 4 is 65.1 Å². The highest BCUT2D eigenvalue weighted by Gasteiger charge is 2.57. The molecule has 0 aromatic heterocycles. The Balaban J connectivity index is 2.06. The number of carbonyl (C=O) groups excluding carboxylic acids is 7. The maximum absolute atomic E-state index is 13.1. The van der Waals surface area contributed by atoms with Gasteiger partial charge in [-0.05, 0) is 33.6 Å². The van der Waals surface area contributed by atoms with Crippen LogP contribution in [0.1, 0.15) is 60.3 Å². The van der Waals surface area contributed by atoms with Gasteiger partial charge in [0, 0.05) is 52.9 Å². The number of ether oxygens (including phenoxy) is 5. The predicted octanol–water partition coefficient (Wildman–Crippen LogP) is -5.42. The van der Waals surface area contributed by atoms with Gasteiger partial charge in [0.25, 0.3) is 0 Å². The van der Waals surface area contributed by atoms with Gasteiger partial charge in [-0.2, -0.15) is 0 Å². The number of aliphatic hydroxyl groups excluding tert-OH is 8. The first kappa shape index (κ1) is 59.7. The van der Waals surface area contributed by atoms with Crippen molar-refractivity contribution in [3.05, 3.63) is 0 Å². The van der Waals surface area contributed by atoms with Crippen molar-refractivity contribution in [1.29, 1.82) is 0 Å². The van der Waals surface area contributed by atoms with E-state index in [0.29, 0.717) is 36.4 Å². The molecule has 12 atom stereocenters. The van der Waals surface area contributed by atoms with Crippen molar-refractivity contribution in [2.24, 2.45) is 0 Å². The van der Waals surface area contributed by atoms with Crippen molar-refractivity contribution in [3.8, 4) is 0 Å². The molecule has 27 heteroatoms. The molecule has 2 saturated heterocycles. The first-order valence-electron chi connectivity index (χ1n) is 21.4. The lowest BCUT2D eigenvalue weighted by Crippen LogP contribution is -2.66. The van der Waals surface area contributed by atoms with Crippen LogP contribution >= 0.6 is 23.5 Å². The smallest absolute Gasteiger partial charge is 0.348 e. The molecule has 2 rings (SSSR count). The Morgan fingerprint density at radius 3 is 1.39 bits per heavy atom. The summed E-state index contributed by atoms with van der Waals surface area (Å²) in [6.45, 7) is 6.09. The van der Waals surface area contributed by atoms with E-state index in [2.05, 4.69) is 21.3 Å². The molecule has 2 aliphatic heterocycles. The molecule has 2 fully saturated rings. The minimum absolute atomic E-state index is 0.0859. The molecule has 2 aliphatic rings. The van der Waals surface area contributed by atoms with Crippen molar-refractivity contribution in [2.75, 3.05) is 71.7 Å². The van der Waals surface area contributed by atoms with Crippen LogP contribution in [0.25, 0.3) is 0 Å². The Hall–Kier alpha value is -3.45. The lowest BCUT2D eigenvalue weighted by molar-refractivity contribution is -0.207. The number of hydrogen-bond acceptors (Lipinski definition) is 23.